The number of hydrogen-bond donors (Lipinski definition) is 3. The van der Waals surface area contributed by atoms with Crippen molar-refractivity contribution in [2.24, 2.45) is 5.92 Å². The number of phenolic OH excluding ortho intramolecular Hbond substituents is 1. The van der Waals surface area contributed by atoms with Crippen LogP contribution in [0.1, 0.15) is 69.4 Å². The number of aromatic hydroxyl groups is 1. The lowest BCUT2D eigenvalue weighted by molar-refractivity contribution is -0.121. The SMILES string of the molecule is C=O.CC(c1cccc(S)c1)c1ccccc1O.CCC(=O)NCC1CCCCC1. The predicted molar refractivity (Wildman–Crippen MR) is 126 cm³/mol. The molecule has 0 bridgehead atoms. The number of thiol groups is 1. The number of nitrogens with one attached hydrogen (secondary N) is 1. The van der Waals surface area contributed by atoms with Crippen molar-refractivity contribution in [2.45, 2.75) is 63.2 Å². The number of carbonyl (C=O) groups excluding carboxylic acids is 2. The Balaban J connectivity index is 0.000000287. The first kappa shape index (κ1) is 25.8. The zero-order chi connectivity index (χ0) is 22.4. The molecule has 1 saturated carbocycles. The van der Waals surface area contributed by atoms with E-state index in [4.69, 9.17) is 4.79 Å². The minimum atomic E-state index is 0.174. The molecule has 5 heteroatoms. The van der Waals surface area contributed by atoms with Crippen LogP contribution >= 0.6 is 12.6 Å². The van der Waals surface area contributed by atoms with Crippen molar-refractivity contribution in [1.82, 2.24) is 5.32 Å². The van der Waals surface area contributed by atoms with Crippen molar-refractivity contribution in [1.29, 1.82) is 0 Å². The second-order valence-electron chi connectivity index (χ2n) is 7.54. The summed E-state index contributed by atoms with van der Waals surface area (Å²) in [6, 6.07) is 15.5. The van der Waals surface area contributed by atoms with E-state index >= 15 is 0 Å². The van der Waals surface area contributed by atoms with E-state index < -0.39 is 0 Å². The van der Waals surface area contributed by atoms with Crippen molar-refractivity contribution in [3.63, 3.8) is 0 Å². The monoisotopic (exact) mass is 429 g/mol. The fourth-order valence-corrected chi connectivity index (χ4v) is 3.84. The Hall–Kier alpha value is -2.27. The van der Waals surface area contributed by atoms with Gasteiger partial charge in [0, 0.05) is 29.3 Å². The summed E-state index contributed by atoms with van der Waals surface area (Å²) in [5, 5.41) is 12.8. The van der Waals surface area contributed by atoms with E-state index in [1.54, 1.807) is 6.07 Å². The maximum Gasteiger partial charge on any atom is 0.219 e. The maximum atomic E-state index is 10.9. The van der Waals surface area contributed by atoms with E-state index in [9.17, 15) is 9.90 Å². The van der Waals surface area contributed by atoms with Crippen LogP contribution in [0.25, 0.3) is 0 Å². The predicted octanol–water partition coefficient (Wildman–Crippen LogP) is 5.74. The van der Waals surface area contributed by atoms with Gasteiger partial charge in [0.1, 0.15) is 12.5 Å². The highest BCUT2D eigenvalue weighted by atomic mass is 32.1. The van der Waals surface area contributed by atoms with Crippen LogP contribution in [-0.4, -0.2) is 24.3 Å². The van der Waals surface area contributed by atoms with E-state index in [-0.39, 0.29) is 11.8 Å². The third-order valence-corrected chi connectivity index (χ3v) is 5.69. The number of phenols is 1. The van der Waals surface area contributed by atoms with E-state index in [2.05, 4.69) is 30.9 Å². The Labute approximate surface area is 186 Å². The second-order valence-corrected chi connectivity index (χ2v) is 8.05. The zero-order valence-electron chi connectivity index (χ0n) is 18.1. The molecule has 164 valence electrons. The largest absolute Gasteiger partial charge is 0.508 e. The van der Waals surface area contributed by atoms with Crippen molar-refractivity contribution in [3.05, 3.63) is 59.7 Å². The maximum absolute atomic E-state index is 10.9. The average Bonchev–Trinajstić information content (AvgIpc) is 2.80. The third-order valence-electron chi connectivity index (χ3n) is 5.41. The normalized spacial score (nSPS) is 14.4. The Kier molecular flexibility index (Phi) is 12.6. The smallest absolute Gasteiger partial charge is 0.219 e. The number of carbonyl (C=O) groups is 2. The molecule has 2 aromatic carbocycles. The number of amides is 1. The molecular formula is C25H35NO3S. The lowest BCUT2D eigenvalue weighted by atomic mass is 9.89. The van der Waals surface area contributed by atoms with Crippen molar-refractivity contribution in [3.8, 4) is 5.75 Å². The third kappa shape index (κ3) is 9.04. The van der Waals surface area contributed by atoms with Gasteiger partial charge in [-0.3, -0.25) is 4.79 Å². The first-order chi connectivity index (χ1) is 14.5. The molecule has 0 aliphatic heterocycles. The second kappa shape index (κ2) is 14.7. The van der Waals surface area contributed by atoms with Crippen LogP contribution in [0, 0.1) is 5.92 Å². The molecule has 0 spiro atoms. The van der Waals surface area contributed by atoms with E-state index in [1.807, 2.05) is 50.1 Å². The average molecular weight is 430 g/mol. The standard InChI is InChI=1S/C14H14OS.C10H19NO.CH2O/c1-10(11-5-4-6-12(16)9-11)13-7-2-3-8-14(13)15;1-2-10(12)11-8-9-6-4-3-5-7-9;1-2/h2-10,15-16H,1H3;9H,2-8H2,1H3,(H,11,12);1H2. The van der Waals surface area contributed by atoms with Gasteiger partial charge in [-0.25, -0.2) is 0 Å². The van der Waals surface area contributed by atoms with Gasteiger partial charge in [-0.05, 0) is 42.5 Å². The van der Waals surface area contributed by atoms with Crippen molar-refractivity contribution in [2.75, 3.05) is 6.54 Å². The molecule has 1 aliphatic carbocycles. The molecule has 1 amide bonds. The highest BCUT2D eigenvalue weighted by Crippen LogP contribution is 2.31. The van der Waals surface area contributed by atoms with E-state index in [0.717, 1.165) is 28.5 Å². The Bertz CT molecular complexity index is 760. The van der Waals surface area contributed by atoms with E-state index in [1.165, 1.54) is 32.1 Å². The fourth-order valence-electron chi connectivity index (χ4n) is 3.60. The van der Waals surface area contributed by atoms with Gasteiger partial charge >= 0.3 is 0 Å². The van der Waals surface area contributed by atoms with Crippen molar-refractivity contribution >= 4 is 25.3 Å². The van der Waals surface area contributed by atoms with Crippen LogP contribution < -0.4 is 5.32 Å². The molecule has 1 unspecified atom stereocenters. The molecule has 0 heterocycles. The molecule has 1 aliphatic rings. The summed E-state index contributed by atoms with van der Waals surface area (Å²) in [4.78, 5) is 19.9. The van der Waals surface area contributed by atoms with Crippen LogP contribution in [0.3, 0.4) is 0 Å². The van der Waals surface area contributed by atoms with Gasteiger partial charge in [0.05, 0.1) is 0 Å². The summed E-state index contributed by atoms with van der Waals surface area (Å²) in [5.74, 6) is 1.47. The Morgan fingerprint density at radius 1 is 1.13 bits per heavy atom. The van der Waals surface area contributed by atoms with Gasteiger partial charge in [-0.1, -0.05) is 63.4 Å². The molecule has 2 aromatic rings. The van der Waals surface area contributed by atoms with Gasteiger partial charge in [0.2, 0.25) is 5.91 Å². The van der Waals surface area contributed by atoms with Gasteiger partial charge in [0.15, 0.2) is 0 Å². The summed E-state index contributed by atoms with van der Waals surface area (Å²) in [6.45, 7) is 6.89. The van der Waals surface area contributed by atoms with Crippen LogP contribution in [0.5, 0.6) is 5.75 Å². The highest BCUT2D eigenvalue weighted by Gasteiger charge is 2.13. The molecule has 1 fully saturated rings. The summed E-state index contributed by atoms with van der Waals surface area (Å²) >= 11 is 4.32. The summed E-state index contributed by atoms with van der Waals surface area (Å²) < 4.78 is 0. The minimum absolute atomic E-state index is 0.174. The molecule has 0 aromatic heterocycles. The van der Waals surface area contributed by atoms with Crippen LogP contribution in [-0.2, 0) is 9.59 Å². The van der Waals surface area contributed by atoms with Crippen LogP contribution in [0.2, 0.25) is 0 Å². The van der Waals surface area contributed by atoms with Crippen LogP contribution in [0.15, 0.2) is 53.4 Å². The van der Waals surface area contributed by atoms with Gasteiger partial charge in [0.25, 0.3) is 0 Å². The zero-order valence-corrected chi connectivity index (χ0v) is 19.0. The van der Waals surface area contributed by atoms with Gasteiger partial charge in [-0.15, -0.1) is 12.6 Å². The minimum Gasteiger partial charge on any atom is -0.508 e. The molecule has 30 heavy (non-hydrogen) atoms. The number of para-hydroxylation sites is 1. The van der Waals surface area contributed by atoms with Gasteiger partial charge in [-0.2, -0.15) is 0 Å². The Morgan fingerprint density at radius 2 is 1.80 bits per heavy atom. The number of rotatable bonds is 5. The molecule has 4 nitrogen and oxygen atoms in total. The Morgan fingerprint density at radius 3 is 2.40 bits per heavy atom. The summed E-state index contributed by atoms with van der Waals surface area (Å²) in [6.07, 6.45) is 7.33. The fraction of sp³-hybridized carbons (Fsp3) is 0.440. The van der Waals surface area contributed by atoms with Crippen LogP contribution in [0.4, 0.5) is 0 Å². The topological polar surface area (TPSA) is 66.4 Å². The number of benzene rings is 2. The first-order valence-corrected chi connectivity index (χ1v) is 11.1. The van der Waals surface area contributed by atoms with Crippen molar-refractivity contribution < 1.29 is 14.7 Å². The lowest BCUT2D eigenvalue weighted by Crippen LogP contribution is -2.29. The first-order valence-electron chi connectivity index (χ1n) is 10.6. The molecule has 2 N–H and O–H groups in total. The molecule has 0 saturated heterocycles. The molecule has 1 atom stereocenters. The highest BCUT2D eigenvalue weighted by molar-refractivity contribution is 7.80. The molecule has 0 radical (unpaired) electrons. The lowest BCUT2D eigenvalue weighted by Gasteiger charge is -2.21. The quantitative estimate of drug-likeness (QED) is 0.531. The molecular weight excluding hydrogens is 394 g/mol. The number of hydrogen-bond acceptors (Lipinski definition) is 4. The van der Waals surface area contributed by atoms with E-state index in [0.29, 0.717) is 12.2 Å². The summed E-state index contributed by atoms with van der Waals surface area (Å²) in [5.41, 5.74) is 2.11. The molecule has 3 rings (SSSR count). The van der Waals surface area contributed by atoms with Gasteiger partial charge < -0.3 is 15.2 Å². The summed E-state index contributed by atoms with van der Waals surface area (Å²) in [7, 11) is 0.